The van der Waals surface area contributed by atoms with Crippen LogP contribution in [0, 0.1) is 12.5 Å². The molecule has 1 aliphatic heterocycles. The number of hydrogen-bond donors (Lipinski definition) is 1. The molecular weight excluding hydrogens is 110 g/mol. The lowest BCUT2D eigenvalue weighted by Gasteiger charge is -2.36. The van der Waals surface area contributed by atoms with Gasteiger partial charge in [0.1, 0.15) is 0 Å². The van der Waals surface area contributed by atoms with E-state index in [2.05, 4.69) is 20.9 Å². The first-order valence-corrected chi connectivity index (χ1v) is 3.77. The summed E-state index contributed by atoms with van der Waals surface area (Å²) in [6, 6.07) is 0. The van der Waals surface area contributed by atoms with Crippen LogP contribution in [0.1, 0.15) is 26.7 Å². The van der Waals surface area contributed by atoms with Crippen LogP contribution < -0.4 is 4.90 Å². The van der Waals surface area contributed by atoms with Gasteiger partial charge in [0.2, 0.25) is 0 Å². The van der Waals surface area contributed by atoms with Crippen LogP contribution in [-0.2, 0) is 0 Å². The second-order valence-corrected chi connectivity index (χ2v) is 3.94. The van der Waals surface area contributed by atoms with E-state index in [1.54, 1.807) is 0 Å². The van der Waals surface area contributed by atoms with E-state index >= 15 is 0 Å². The van der Waals surface area contributed by atoms with Crippen LogP contribution >= 0.6 is 0 Å². The minimum Gasteiger partial charge on any atom is -0.467 e. The van der Waals surface area contributed by atoms with E-state index < -0.39 is 0 Å². The van der Waals surface area contributed by atoms with Crippen molar-refractivity contribution in [2.24, 2.45) is 5.41 Å². The molecule has 0 bridgehead atoms. The molecule has 0 aromatic carbocycles. The quantitative estimate of drug-likeness (QED) is 0.451. The molecule has 1 heteroatoms. The predicted octanol–water partition coefficient (Wildman–Crippen LogP) is 0.483. The van der Waals surface area contributed by atoms with Crippen molar-refractivity contribution in [3.05, 3.63) is 7.05 Å². The Morgan fingerprint density at radius 3 is 2.44 bits per heavy atom. The third-order valence-corrected chi connectivity index (χ3v) is 2.11. The van der Waals surface area contributed by atoms with E-state index in [1.165, 1.54) is 30.8 Å². The Morgan fingerprint density at radius 1 is 1.44 bits per heavy atom. The average molecular weight is 127 g/mol. The Hall–Kier alpha value is -0.0400. The Bertz CT molecular complexity index is 96.7. The minimum atomic E-state index is 0.551. The fraction of sp³-hybridized carbons (Fsp3) is 0.875. The first kappa shape index (κ1) is 7.07. The molecule has 9 heavy (non-hydrogen) atoms. The Kier molecular flexibility index (Phi) is 1.80. The van der Waals surface area contributed by atoms with Crippen LogP contribution in [-0.4, -0.2) is 13.1 Å². The highest BCUT2D eigenvalue weighted by atomic mass is 15.1. The van der Waals surface area contributed by atoms with E-state index in [0.29, 0.717) is 5.41 Å². The highest BCUT2D eigenvalue weighted by Gasteiger charge is 2.24. The van der Waals surface area contributed by atoms with Crippen molar-refractivity contribution in [1.82, 2.24) is 0 Å². The third-order valence-electron chi connectivity index (χ3n) is 2.11. The average Bonchev–Trinajstić information content (AvgIpc) is 1.60. The number of nitrogens with one attached hydrogen (secondary N) is 1. The molecule has 0 spiro atoms. The molecule has 0 aromatic heterocycles. The Labute approximate surface area is 58.0 Å². The zero-order valence-corrected chi connectivity index (χ0v) is 6.54. The summed E-state index contributed by atoms with van der Waals surface area (Å²) in [6.07, 6.45) is 2.73. The van der Waals surface area contributed by atoms with E-state index in [-0.39, 0.29) is 0 Å². The number of rotatable bonds is 0. The van der Waals surface area contributed by atoms with Crippen LogP contribution in [0.4, 0.5) is 0 Å². The van der Waals surface area contributed by atoms with Crippen molar-refractivity contribution in [3.63, 3.8) is 0 Å². The molecular formula is C8H17N. The monoisotopic (exact) mass is 127 g/mol. The van der Waals surface area contributed by atoms with Gasteiger partial charge in [-0.25, -0.2) is 0 Å². The molecule has 1 unspecified atom stereocenters. The van der Waals surface area contributed by atoms with Gasteiger partial charge in [0.05, 0.1) is 13.1 Å². The van der Waals surface area contributed by atoms with Crippen LogP contribution in [0.5, 0.6) is 0 Å². The van der Waals surface area contributed by atoms with Crippen molar-refractivity contribution in [2.75, 3.05) is 13.1 Å². The number of hydrogen-bond acceptors (Lipinski definition) is 0. The van der Waals surface area contributed by atoms with Crippen molar-refractivity contribution < 1.29 is 4.90 Å². The van der Waals surface area contributed by atoms with Crippen molar-refractivity contribution in [2.45, 2.75) is 26.7 Å². The predicted molar refractivity (Wildman–Crippen MR) is 39.1 cm³/mol. The fourth-order valence-corrected chi connectivity index (χ4v) is 1.67. The van der Waals surface area contributed by atoms with E-state index in [9.17, 15) is 0 Å². The van der Waals surface area contributed by atoms with Gasteiger partial charge in [0.25, 0.3) is 0 Å². The maximum absolute atomic E-state index is 4.01. The van der Waals surface area contributed by atoms with E-state index in [1.807, 2.05) is 0 Å². The summed E-state index contributed by atoms with van der Waals surface area (Å²) in [4.78, 5) is 1.45. The lowest BCUT2D eigenvalue weighted by Crippen LogP contribution is -3.09. The van der Waals surface area contributed by atoms with Crippen molar-refractivity contribution in [3.8, 4) is 0 Å². The molecule has 0 amide bonds. The molecule has 1 heterocycles. The third kappa shape index (κ3) is 1.98. The topological polar surface area (TPSA) is 4.44 Å². The lowest BCUT2D eigenvalue weighted by molar-refractivity contribution is -0.867. The molecule has 1 atom stereocenters. The van der Waals surface area contributed by atoms with Gasteiger partial charge in [-0.15, -0.1) is 0 Å². The molecule has 0 aromatic rings. The molecule has 1 N–H and O–H groups in total. The summed E-state index contributed by atoms with van der Waals surface area (Å²) in [5.41, 5.74) is 0.551. The smallest absolute Gasteiger partial charge is 0.0582 e. The van der Waals surface area contributed by atoms with Crippen LogP contribution in [0.3, 0.4) is 0 Å². The van der Waals surface area contributed by atoms with Gasteiger partial charge in [0.15, 0.2) is 0 Å². The van der Waals surface area contributed by atoms with Gasteiger partial charge >= 0.3 is 0 Å². The summed E-state index contributed by atoms with van der Waals surface area (Å²) in [5.74, 6) is 0. The summed E-state index contributed by atoms with van der Waals surface area (Å²) < 4.78 is 0. The molecule has 0 saturated carbocycles. The first-order chi connectivity index (χ1) is 4.10. The fourth-order valence-electron chi connectivity index (χ4n) is 1.67. The number of likely N-dealkylation sites (tertiary alicyclic amines) is 1. The number of piperidine rings is 1. The van der Waals surface area contributed by atoms with Gasteiger partial charge in [-0.05, 0) is 12.8 Å². The van der Waals surface area contributed by atoms with Crippen LogP contribution in [0.25, 0.3) is 0 Å². The minimum absolute atomic E-state index is 0.551. The molecule has 1 saturated heterocycles. The summed E-state index contributed by atoms with van der Waals surface area (Å²) >= 11 is 0. The SMILES string of the molecule is [CH2-][NH+]1CCCC(C)(C)C1. The largest absolute Gasteiger partial charge is 0.467 e. The number of quaternary nitrogens is 1. The van der Waals surface area contributed by atoms with E-state index in [0.717, 1.165) is 0 Å². The second-order valence-electron chi connectivity index (χ2n) is 3.94. The maximum atomic E-state index is 4.01. The summed E-state index contributed by atoms with van der Waals surface area (Å²) in [5, 5.41) is 0. The first-order valence-electron chi connectivity index (χ1n) is 3.77. The molecule has 0 aliphatic carbocycles. The van der Waals surface area contributed by atoms with Gasteiger partial charge in [-0.3, -0.25) is 0 Å². The van der Waals surface area contributed by atoms with E-state index in [4.69, 9.17) is 0 Å². The van der Waals surface area contributed by atoms with Gasteiger partial charge in [-0.1, -0.05) is 13.8 Å². The Balaban J connectivity index is 2.41. The van der Waals surface area contributed by atoms with Crippen LogP contribution in [0.15, 0.2) is 0 Å². The van der Waals surface area contributed by atoms with Crippen LogP contribution in [0.2, 0.25) is 0 Å². The van der Waals surface area contributed by atoms with Gasteiger partial charge in [-0.2, -0.15) is 7.05 Å². The molecule has 54 valence electrons. The van der Waals surface area contributed by atoms with Crippen molar-refractivity contribution in [1.29, 1.82) is 0 Å². The molecule has 1 fully saturated rings. The lowest BCUT2D eigenvalue weighted by atomic mass is 9.84. The zero-order valence-electron chi connectivity index (χ0n) is 6.54. The van der Waals surface area contributed by atoms with Gasteiger partial charge in [0, 0.05) is 5.41 Å². The summed E-state index contributed by atoms with van der Waals surface area (Å²) in [6.45, 7) is 7.17. The molecule has 0 radical (unpaired) electrons. The zero-order chi connectivity index (χ0) is 6.91. The molecule has 1 aliphatic rings. The Morgan fingerprint density at radius 2 is 2.11 bits per heavy atom. The van der Waals surface area contributed by atoms with Gasteiger partial charge < -0.3 is 4.90 Å². The van der Waals surface area contributed by atoms with Crippen molar-refractivity contribution >= 4 is 0 Å². The highest BCUT2D eigenvalue weighted by molar-refractivity contribution is 4.69. The molecule has 1 nitrogen and oxygen atoms in total. The summed E-state index contributed by atoms with van der Waals surface area (Å²) in [7, 11) is 4.01. The highest BCUT2D eigenvalue weighted by Crippen LogP contribution is 2.21. The molecule has 1 rings (SSSR count). The normalized spacial score (nSPS) is 34.3. The maximum Gasteiger partial charge on any atom is 0.0582 e. The second kappa shape index (κ2) is 2.30. The standard InChI is InChI=1S/C8H17N/c1-8(2)5-4-6-9(3)7-8/h9H,3-7H2,1-2H3.